The molecule has 3 unspecified atom stereocenters. The lowest BCUT2D eigenvalue weighted by molar-refractivity contribution is -0.172. The van der Waals surface area contributed by atoms with E-state index in [1.807, 2.05) is 42.5 Å². The van der Waals surface area contributed by atoms with Gasteiger partial charge in [0.05, 0.1) is 12.3 Å². The van der Waals surface area contributed by atoms with Crippen LogP contribution in [0.15, 0.2) is 66.7 Å². The zero-order chi connectivity index (χ0) is 34.7. The van der Waals surface area contributed by atoms with Gasteiger partial charge in [-0.1, -0.05) is 112 Å². The predicted molar refractivity (Wildman–Crippen MR) is 179 cm³/mol. The minimum absolute atomic E-state index is 0.127. The van der Waals surface area contributed by atoms with Crippen LogP contribution in [-0.2, 0) is 30.4 Å². The highest BCUT2D eigenvalue weighted by Crippen LogP contribution is 2.26. The highest BCUT2D eigenvalue weighted by Gasteiger charge is 2.49. The molecule has 0 spiro atoms. The number of ketones is 1. The number of hydrogen-bond acceptors (Lipinski definition) is 6. The fourth-order valence-corrected chi connectivity index (χ4v) is 5.39. The molecule has 1 amide bonds. The maximum atomic E-state index is 13.3. The number of unbranched alkanes of at least 4 members (excludes halogenated alkanes) is 8. The first kappa shape index (κ1) is 38.9. The molecular weight excluding hydrogens is 602 g/mol. The van der Waals surface area contributed by atoms with Crippen molar-refractivity contribution >= 4 is 29.6 Å². The number of rotatable bonds is 24. The zero-order valence-electron chi connectivity index (χ0n) is 27.2. The average Bonchev–Trinajstić information content (AvgIpc) is 3.03. The molecule has 0 radical (unpaired) electrons. The summed E-state index contributed by atoms with van der Waals surface area (Å²) in [4.78, 5) is 61.0. The Morgan fingerprint density at radius 3 is 1.89 bits per heavy atom. The number of carbonyl (C=O) groups excluding carboxylic acids is 2. The van der Waals surface area contributed by atoms with Gasteiger partial charge in [0.25, 0.3) is 0 Å². The molecule has 0 aliphatic carbocycles. The van der Waals surface area contributed by atoms with Gasteiger partial charge in [-0.2, -0.15) is 0 Å². The van der Waals surface area contributed by atoms with E-state index in [4.69, 9.17) is 0 Å². The Labute approximate surface area is 276 Å². The number of aliphatic carboxylic acids is 3. The Balaban J connectivity index is 2.01. The molecule has 0 saturated carbocycles. The van der Waals surface area contributed by atoms with Crippen LogP contribution in [0, 0.1) is 5.92 Å². The molecule has 0 aliphatic rings. The van der Waals surface area contributed by atoms with Gasteiger partial charge in [0, 0.05) is 19.3 Å². The Hall–Kier alpha value is -4.31. The molecule has 2 aromatic rings. The molecule has 2 rings (SSSR count). The summed E-state index contributed by atoms with van der Waals surface area (Å²) in [6.45, 7) is 2.15. The monoisotopic (exact) mass is 651 g/mol. The fraction of sp³-hybridized carbons (Fsp3) is 0.486. The van der Waals surface area contributed by atoms with Gasteiger partial charge in [-0.3, -0.25) is 14.4 Å². The van der Waals surface area contributed by atoms with E-state index in [1.54, 1.807) is 12.1 Å². The molecule has 0 heterocycles. The van der Waals surface area contributed by atoms with E-state index >= 15 is 0 Å². The second-order valence-electron chi connectivity index (χ2n) is 12.0. The molecule has 10 heteroatoms. The topological polar surface area (TPSA) is 178 Å². The van der Waals surface area contributed by atoms with Crippen molar-refractivity contribution in [3.63, 3.8) is 0 Å². The summed E-state index contributed by atoms with van der Waals surface area (Å²) in [6.07, 6.45) is 11.4. The maximum Gasteiger partial charge on any atom is 0.337 e. The van der Waals surface area contributed by atoms with Crippen LogP contribution in [0.5, 0.6) is 0 Å². The molecule has 256 valence electrons. The summed E-state index contributed by atoms with van der Waals surface area (Å²) in [5.41, 5.74) is -0.528. The van der Waals surface area contributed by atoms with Crippen molar-refractivity contribution in [1.29, 1.82) is 0 Å². The van der Waals surface area contributed by atoms with E-state index in [2.05, 4.69) is 12.2 Å². The van der Waals surface area contributed by atoms with Gasteiger partial charge in [-0.05, 0) is 42.4 Å². The number of Topliss-reactive ketones (excluding diaryl/α,β-unsaturated/α-hetero) is 1. The molecule has 0 aliphatic heterocycles. The lowest BCUT2D eigenvalue weighted by atomic mass is 9.82. The fourth-order valence-electron chi connectivity index (χ4n) is 5.39. The lowest BCUT2D eigenvalue weighted by Gasteiger charge is -2.29. The molecule has 0 bridgehead atoms. The number of amides is 1. The first-order valence-electron chi connectivity index (χ1n) is 16.5. The number of nitrogens with one attached hydrogen (secondary N) is 1. The Morgan fingerprint density at radius 2 is 1.34 bits per heavy atom. The van der Waals surface area contributed by atoms with Gasteiger partial charge in [0.2, 0.25) is 5.91 Å². The van der Waals surface area contributed by atoms with Crippen molar-refractivity contribution in [1.82, 2.24) is 5.32 Å². The number of hydrogen-bond donors (Lipinski definition) is 5. The van der Waals surface area contributed by atoms with Crippen molar-refractivity contribution in [3.05, 3.63) is 72.3 Å². The summed E-state index contributed by atoms with van der Waals surface area (Å²) in [5, 5.41) is 42.2. The second kappa shape index (κ2) is 20.7. The summed E-state index contributed by atoms with van der Waals surface area (Å²) in [7, 11) is 0. The van der Waals surface area contributed by atoms with Crippen LogP contribution < -0.4 is 5.32 Å². The van der Waals surface area contributed by atoms with Crippen LogP contribution in [0.3, 0.4) is 0 Å². The van der Waals surface area contributed by atoms with Crippen molar-refractivity contribution in [2.24, 2.45) is 5.92 Å². The largest absolute Gasteiger partial charge is 0.481 e. The van der Waals surface area contributed by atoms with Crippen molar-refractivity contribution in [2.45, 2.75) is 108 Å². The minimum atomic E-state index is -3.01. The van der Waals surface area contributed by atoms with E-state index in [0.717, 1.165) is 62.1 Å². The average molecular weight is 652 g/mol. The quantitative estimate of drug-likeness (QED) is 0.0653. The highest BCUT2D eigenvalue weighted by atomic mass is 16.4. The number of allylic oxidation sites excluding steroid dienone is 1. The second-order valence-corrected chi connectivity index (χ2v) is 12.0. The summed E-state index contributed by atoms with van der Waals surface area (Å²) in [6, 6.07) is 15.2. The summed E-state index contributed by atoms with van der Waals surface area (Å²) >= 11 is 0. The number of aliphatic hydroxyl groups is 1. The molecule has 3 atom stereocenters. The van der Waals surface area contributed by atoms with E-state index < -0.39 is 47.8 Å². The van der Waals surface area contributed by atoms with Crippen LogP contribution >= 0.6 is 0 Å². The number of benzene rings is 2. The van der Waals surface area contributed by atoms with Crippen molar-refractivity contribution in [3.8, 4) is 11.1 Å². The van der Waals surface area contributed by atoms with Gasteiger partial charge in [0.1, 0.15) is 11.8 Å². The summed E-state index contributed by atoms with van der Waals surface area (Å²) < 4.78 is 0. The van der Waals surface area contributed by atoms with Crippen LogP contribution in [-0.4, -0.2) is 61.7 Å². The number of carbonyl (C=O) groups is 5. The van der Waals surface area contributed by atoms with Crippen LogP contribution in [0.25, 0.3) is 11.1 Å². The summed E-state index contributed by atoms with van der Waals surface area (Å²) in [5.74, 6) is -7.64. The third kappa shape index (κ3) is 13.9. The Morgan fingerprint density at radius 1 is 0.766 bits per heavy atom. The van der Waals surface area contributed by atoms with E-state index in [9.17, 15) is 44.4 Å². The van der Waals surface area contributed by atoms with Crippen LogP contribution in [0.4, 0.5) is 0 Å². The molecular formula is C37H49NO9. The third-order valence-corrected chi connectivity index (χ3v) is 8.17. The van der Waals surface area contributed by atoms with Gasteiger partial charge < -0.3 is 25.7 Å². The number of carboxylic acids is 3. The lowest BCUT2D eigenvalue weighted by Crippen LogP contribution is -2.55. The SMILES string of the molecule is CCCCCCCC(=O)CCCCCC/C=C/C(C(=O)NC(Cc1ccc(-c2ccccc2)cc1)C(=O)O)C(O)(CC(=O)O)C(=O)O. The Kier molecular flexibility index (Phi) is 17.2. The number of carboxylic acid groups (broad SMARTS) is 3. The smallest absolute Gasteiger partial charge is 0.337 e. The molecule has 2 aromatic carbocycles. The molecule has 10 nitrogen and oxygen atoms in total. The molecule has 0 saturated heterocycles. The minimum Gasteiger partial charge on any atom is -0.481 e. The standard InChI is InChI=1S/C37H49NO9/c1-2-3-4-7-13-18-30(39)19-14-8-5-6-9-15-20-31(37(47,36(45)46)26-33(40)41)34(42)38-32(35(43)44)25-27-21-23-29(24-22-27)28-16-11-10-12-17-28/h10-12,15-17,20-24,31-32,47H,2-9,13-14,18-19,25-26H2,1H3,(H,38,42)(H,40,41)(H,43,44)(H,45,46)/b20-15+. The van der Waals surface area contributed by atoms with E-state index in [1.165, 1.54) is 12.5 Å². The normalized spacial score (nSPS) is 13.8. The van der Waals surface area contributed by atoms with Crippen molar-refractivity contribution in [2.75, 3.05) is 0 Å². The molecule has 47 heavy (non-hydrogen) atoms. The molecule has 0 fully saturated rings. The predicted octanol–water partition coefficient (Wildman–Crippen LogP) is 6.20. The third-order valence-electron chi connectivity index (χ3n) is 8.17. The molecule has 5 N–H and O–H groups in total. The van der Waals surface area contributed by atoms with Gasteiger partial charge in [-0.25, -0.2) is 9.59 Å². The zero-order valence-corrected chi connectivity index (χ0v) is 27.2. The van der Waals surface area contributed by atoms with Crippen LogP contribution in [0.2, 0.25) is 0 Å². The van der Waals surface area contributed by atoms with Gasteiger partial charge in [0.15, 0.2) is 5.60 Å². The van der Waals surface area contributed by atoms with Crippen LogP contribution in [0.1, 0.15) is 96.0 Å². The van der Waals surface area contributed by atoms with Gasteiger partial charge in [-0.15, -0.1) is 0 Å². The first-order chi connectivity index (χ1) is 22.5. The van der Waals surface area contributed by atoms with E-state index in [-0.39, 0.29) is 12.2 Å². The van der Waals surface area contributed by atoms with E-state index in [0.29, 0.717) is 31.2 Å². The highest BCUT2D eigenvalue weighted by molar-refractivity contribution is 5.94. The van der Waals surface area contributed by atoms with Crippen molar-refractivity contribution < 1.29 is 44.4 Å². The first-order valence-corrected chi connectivity index (χ1v) is 16.5. The van der Waals surface area contributed by atoms with Gasteiger partial charge >= 0.3 is 17.9 Å². The Bertz CT molecular complexity index is 1320. The maximum absolute atomic E-state index is 13.3. The molecule has 0 aromatic heterocycles.